The third-order valence-electron chi connectivity index (χ3n) is 5.74. The van der Waals surface area contributed by atoms with Gasteiger partial charge in [0.1, 0.15) is 0 Å². The lowest BCUT2D eigenvalue weighted by molar-refractivity contribution is -0.0455. The number of aliphatic hydroxyl groups excluding tert-OH is 2. The molecule has 2 aliphatic rings. The Morgan fingerprint density at radius 2 is 1.94 bits per heavy atom. The van der Waals surface area contributed by atoms with Gasteiger partial charge in [0.15, 0.2) is 0 Å². The summed E-state index contributed by atoms with van der Waals surface area (Å²) in [6.07, 6.45) is 7.97. The van der Waals surface area contributed by atoms with E-state index in [4.69, 9.17) is 0 Å². The van der Waals surface area contributed by atoms with Crippen molar-refractivity contribution in [3.05, 3.63) is 11.6 Å². The highest BCUT2D eigenvalue weighted by Crippen LogP contribution is 2.60. The molecular formula is C16H28O2. The monoisotopic (exact) mass is 252 g/mol. The molecule has 2 aliphatic carbocycles. The zero-order chi connectivity index (χ0) is 13.4. The molecule has 3 atom stereocenters. The summed E-state index contributed by atoms with van der Waals surface area (Å²) in [5, 5.41) is 18.9. The third-order valence-corrected chi connectivity index (χ3v) is 5.74. The Bertz CT molecular complexity index is 332. The Morgan fingerprint density at radius 3 is 2.56 bits per heavy atom. The first-order valence-electron chi connectivity index (χ1n) is 7.36. The Kier molecular flexibility index (Phi) is 3.89. The molecule has 2 heteroatoms. The van der Waals surface area contributed by atoms with Crippen LogP contribution in [0, 0.1) is 22.7 Å². The molecule has 0 spiro atoms. The van der Waals surface area contributed by atoms with Crippen LogP contribution < -0.4 is 0 Å². The van der Waals surface area contributed by atoms with Crippen LogP contribution >= 0.6 is 0 Å². The molecule has 2 nitrogen and oxygen atoms in total. The van der Waals surface area contributed by atoms with Crippen molar-refractivity contribution in [2.75, 3.05) is 13.2 Å². The predicted octanol–water partition coefficient (Wildman–Crippen LogP) is 3.14. The van der Waals surface area contributed by atoms with E-state index in [0.717, 1.165) is 12.8 Å². The van der Waals surface area contributed by atoms with E-state index in [9.17, 15) is 10.2 Å². The van der Waals surface area contributed by atoms with Crippen LogP contribution in [0.3, 0.4) is 0 Å². The molecule has 2 N–H and O–H groups in total. The maximum absolute atomic E-state index is 9.57. The van der Waals surface area contributed by atoms with Crippen LogP contribution in [-0.2, 0) is 0 Å². The summed E-state index contributed by atoms with van der Waals surface area (Å²) in [5.74, 6) is 1.05. The van der Waals surface area contributed by atoms with E-state index in [2.05, 4.69) is 26.8 Å². The Hall–Kier alpha value is -0.340. The molecule has 0 aromatic carbocycles. The Balaban J connectivity index is 2.36. The van der Waals surface area contributed by atoms with Crippen LogP contribution in [0.1, 0.15) is 52.9 Å². The zero-order valence-electron chi connectivity index (χ0n) is 12.1. The fraction of sp³-hybridized carbons (Fsp3) is 0.875. The molecule has 0 amide bonds. The topological polar surface area (TPSA) is 40.5 Å². The molecule has 2 rings (SSSR count). The van der Waals surface area contributed by atoms with E-state index in [0.29, 0.717) is 17.3 Å². The van der Waals surface area contributed by atoms with Crippen molar-refractivity contribution in [3.63, 3.8) is 0 Å². The zero-order valence-corrected chi connectivity index (χ0v) is 12.1. The second-order valence-electron chi connectivity index (χ2n) is 7.14. The normalized spacial score (nSPS) is 39.1. The van der Waals surface area contributed by atoms with Crippen molar-refractivity contribution in [1.82, 2.24) is 0 Å². The molecule has 2 unspecified atom stereocenters. The first-order valence-corrected chi connectivity index (χ1v) is 7.36. The minimum atomic E-state index is 0.160. The molecule has 0 aromatic rings. The predicted molar refractivity (Wildman–Crippen MR) is 74.2 cm³/mol. The summed E-state index contributed by atoms with van der Waals surface area (Å²) in [5.41, 5.74) is 1.82. The van der Waals surface area contributed by atoms with Crippen molar-refractivity contribution in [2.24, 2.45) is 22.7 Å². The number of rotatable bonds is 3. The van der Waals surface area contributed by atoms with Gasteiger partial charge in [0, 0.05) is 6.61 Å². The van der Waals surface area contributed by atoms with Gasteiger partial charge in [0.2, 0.25) is 0 Å². The molecule has 104 valence electrons. The highest BCUT2D eigenvalue weighted by molar-refractivity contribution is 5.20. The largest absolute Gasteiger partial charge is 0.396 e. The number of allylic oxidation sites excluding steroid dienone is 1. The lowest BCUT2D eigenvalue weighted by Crippen LogP contribution is -2.49. The second kappa shape index (κ2) is 4.97. The van der Waals surface area contributed by atoms with E-state index in [1.165, 1.54) is 24.8 Å². The lowest BCUT2D eigenvalue weighted by atomic mass is 9.48. The Labute approximate surface area is 111 Å². The maximum Gasteiger partial charge on any atom is 0.0644 e. The van der Waals surface area contributed by atoms with Crippen LogP contribution in [-0.4, -0.2) is 23.4 Å². The van der Waals surface area contributed by atoms with Crippen molar-refractivity contribution in [2.45, 2.75) is 52.9 Å². The van der Waals surface area contributed by atoms with E-state index in [1.807, 2.05) is 0 Å². The SMILES string of the molecule is CC1(C)CCC[C@]2(C)C(CCO)C(CO)=CCC12. The molecule has 1 saturated carbocycles. The molecule has 0 aliphatic heterocycles. The second-order valence-corrected chi connectivity index (χ2v) is 7.14. The summed E-state index contributed by atoms with van der Waals surface area (Å²) >= 11 is 0. The summed E-state index contributed by atoms with van der Waals surface area (Å²) in [7, 11) is 0. The van der Waals surface area contributed by atoms with E-state index in [1.54, 1.807) is 0 Å². The smallest absolute Gasteiger partial charge is 0.0644 e. The van der Waals surface area contributed by atoms with Gasteiger partial charge in [-0.05, 0) is 53.9 Å². The molecule has 18 heavy (non-hydrogen) atoms. The van der Waals surface area contributed by atoms with Crippen LogP contribution in [0.15, 0.2) is 11.6 Å². The van der Waals surface area contributed by atoms with Gasteiger partial charge in [-0.2, -0.15) is 0 Å². The highest BCUT2D eigenvalue weighted by atomic mass is 16.3. The third kappa shape index (κ3) is 2.14. The summed E-state index contributed by atoms with van der Waals surface area (Å²) in [4.78, 5) is 0. The maximum atomic E-state index is 9.57. The fourth-order valence-electron chi connectivity index (χ4n) is 4.83. The molecule has 1 fully saturated rings. The van der Waals surface area contributed by atoms with Gasteiger partial charge < -0.3 is 10.2 Å². The summed E-state index contributed by atoms with van der Waals surface area (Å²) in [6.45, 7) is 7.56. The lowest BCUT2D eigenvalue weighted by Gasteiger charge is -2.57. The first-order chi connectivity index (χ1) is 8.45. The van der Waals surface area contributed by atoms with Gasteiger partial charge in [-0.15, -0.1) is 0 Å². The number of fused-ring (bicyclic) bond motifs is 1. The van der Waals surface area contributed by atoms with Crippen LogP contribution in [0.5, 0.6) is 0 Å². The molecule has 0 heterocycles. The molecule has 0 aromatic heterocycles. The van der Waals surface area contributed by atoms with Crippen LogP contribution in [0.4, 0.5) is 0 Å². The molecule has 0 radical (unpaired) electrons. The van der Waals surface area contributed by atoms with Gasteiger partial charge in [-0.25, -0.2) is 0 Å². The fourth-order valence-corrected chi connectivity index (χ4v) is 4.83. The highest BCUT2D eigenvalue weighted by Gasteiger charge is 2.51. The Morgan fingerprint density at radius 1 is 1.22 bits per heavy atom. The first kappa shape index (κ1) is 14.1. The minimum Gasteiger partial charge on any atom is -0.396 e. The number of hydrogen-bond donors (Lipinski definition) is 2. The quantitative estimate of drug-likeness (QED) is 0.758. The standard InChI is InChI=1S/C16H28O2/c1-15(2)8-4-9-16(3)13(7-10-17)12(11-18)5-6-14(15)16/h5,13-14,17-18H,4,6-11H2,1-3H3/t13?,14?,16-/m1/s1. The summed E-state index contributed by atoms with van der Waals surface area (Å²) in [6, 6.07) is 0. The van der Waals surface area contributed by atoms with Crippen LogP contribution in [0.2, 0.25) is 0 Å². The van der Waals surface area contributed by atoms with Gasteiger partial charge in [0.25, 0.3) is 0 Å². The van der Waals surface area contributed by atoms with Crippen LogP contribution in [0.25, 0.3) is 0 Å². The molecular weight excluding hydrogens is 224 g/mol. The van der Waals surface area contributed by atoms with Crippen molar-refractivity contribution in [1.29, 1.82) is 0 Å². The van der Waals surface area contributed by atoms with Gasteiger partial charge in [-0.3, -0.25) is 0 Å². The molecule has 0 bridgehead atoms. The van der Waals surface area contributed by atoms with Gasteiger partial charge >= 0.3 is 0 Å². The summed E-state index contributed by atoms with van der Waals surface area (Å²) < 4.78 is 0. The van der Waals surface area contributed by atoms with E-state index < -0.39 is 0 Å². The van der Waals surface area contributed by atoms with Crippen molar-refractivity contribution < 1.29 is 10.2 Å². The van der Waals surface area contributed by atoms with Gasteiger partial charge in [-0.1, -0.05) is 33.3 Å². The van der Waals surface area contributed by atoms with Crippen molar-refractivity contribution >= 4 is 0 Å². The van der Waals surface area contributed by atoms with Gasteiger partial charge in [0.05, 0.1) is 6.61 Å². The average Bonchev–Trinajstić information content (AvgIpc) is 2.30. The minimum absolute atomic E-state index is 0.160. The number of hydrogen-bond acceptors (Lipinski definition) is 2. The van der Waals surface area contributed by atoms with E-state index in [-0.39, 0.29) is 18.6 Å². The average molecular weight is 252 g/mol. The number of aliphatic hydroxyl groups is 2. The molecule has 0 saturated heterocycles. The van der Waals surface area contributed by atoms with E-state index >= 15 is 0 Å². The van der Waals surface area contributed by atoms with Crippen molar-refractivity contribution in [3.8, 4) is 0 Å².